The van der Waals surface area contributed by atoms with Gasteiger partial charge in [0.2, 0.25) is 0 Å². The van der Waals surface area contributed by atoms with Gasteiger partial charge in [0, 0.05) is 32.3 Å². The molecule has 0 unspecified atom stereocenters. The molecule has 0 aliphatic carbocycles. The first kappa shape index (κ1) is 14.6. The van der Waals surface area contributed by atoms with Crippen LogP contribution in [0.2, 0.25) is 0 Å². The van der Waals surface area contributed by atoms with Crippen molar-refractivity contribution < 1.29 is 4.74 Å². The fourth-order valence-corrected chi connectivity index (χ4v) is 1.15. The standard InChI is InChI=1S/C12H26N2O/c1-11(9-13-12(2,3)4)10-14(5)7-8-15-6/h13H,1,7-10H2,2-6H3. The smallest absolute Gasteiger partial charge is 0.0589 e. The van der Waals surface area contributed by atoms with Gasteiger partial charge in [-0.05, 0) is 33.4 Å². The molecule has 3 heteroatoms. The van der Waals surface area contributed by atoms with Crippen LogP contribution in [0.1, 0.15) is 20.8 Å². The molecule has 0 saturated carbocycles. The first-order valence-electron chi connectivity index (χ1n) is 5.44. The lowest BCUT2D eigenvalue weighted by Crippen LogP contribution is -2.38. The lowest BCUT2D eigenvalue weighted by Gasteiger charge is -2.23. The Balaban J connectivity index is 3.64. The minimum absolute atomic E-state index is 0.161. The number of nitrogens with zero attached hydrogens (tertiary/aromatic N) is 1. The van der Waals surface area contributed by atoms with E-state index in [1.165, 1.54) is 5.57 Å². The van der Waals surface area contributed by atoms with E-state index in [1.807, 2.05) is 0 Å². The van der Waals surface area contributed by atoms with Crippen molar-refractivity contribution >= 4 is 0 Å². The Hall–Kier alpha value is -0.380. The molecule has 0 atom stereocenters. The molecule has 90 valence electrons. The summed E-state index contributed by atoms with van der Waals surface area (Å²) in [5.74, 6) is 0. The zero-order chi connectivity index (χ0) is 11.9. The summed E-state index contributed by atoms with van der Waals surface area (Å²) in [5, 5.41) is 3.43. The Morgan fingerprint density at radius 2 is 2.00 bits per heavy atom. The Morgan fingerprint density at radius 3 is 2.47 bits per heavy atom. The highest BCUT2D eigenvalue weighted by Crippen LogP contribution is 2.00. The molecule has 0 aliphatic rings. The molecule has 0 aromatic heterocycles. The Bertz CT molecular complexity index is 185. The van der Waals surface area contributed by atoms with Gasteiger partial charge in [-0.3, -0.25) is 0 Å². The normalized spacial score (nSPS) is 12.1. The van der Waals surface area contributed by atoms with Crippen LogP contribution in [0.5, 0.6) is 0 Å². The molecule has 0 bridgehead atoms. The molecule has 0 aromatic carbocycles. The van der Waals surface area contributed by atoms with Crippen molar-refractivity contribution in [3.05, 3.63) is 12.2 Å². The molecule has 0 aromatic rings. The summed E-state index contributed by atoms with van der Waals surface area (Å²) < 4.78 is 5.02. The molecule has 0 spiro atoms. The minimum Gasteiger partial charge on any atom is -0.383 e. The summed E-state index contributed by atoms with van der Waals surface area (Å²) in [4.78, 5) is 2.22. The molecule has 0 saturated heterocycles. The second-order valence-corrected chi connectivity index (χ2v) is 5.08. The van der Waals surface area contributed by atoms with E-state index in [0.29, 0.717) is 0 Å². The van der Waals surface area contributed by atoms with E-state index < -0.39 is 0 Å². The van der Waals surface area contributed by atoms with Crippen molar-refractivity contribution in [2.24, 2.45) is 0 Å². The highest BCUT2D eigenvalue weighted by Gasteiger charge is 2.09. The van der Waals surface area contributed by atoms with Gasteiger partial charge in [0.05, 0.1) is 6.61 Å². The average Bonchev–Trinajstić information content (AvgIpc) is 2.10. The lowest BCUT2D eigenvalue weighted by atomic mass is 10.1. The Kier molecular flexibility index (Phi) is 6.81. The third-order valence-electron chi connectivity index (χ3n) is 2.04. The topological polar surface area (TPSA) is 24.5 Å². The van der Waals surface area contributed by atoms with Crippen molar-refractivity contribution in [3.8, 4) is 0 Å². The van der Waals surface area contributed by atoms with Crippen LogP contribution in [0, 0.1) is 0 Å². The Morgan fingerprint density at radius 1 is 1.40 bits per heavy atom. The molecule has 0 rings (SSSR count). The van der Waals surface area contributed by atoms with E-state index in [4.69, 9.17) is 4.74 Å². The van der Waals surface area contributed by atoms with Gasteiger partial charge in [0.1, 0.15) is 0 Å². The van der Waals surface area contributed by atoms with Gasteiger partial charge in [-0.2, -0.15) is 0 Å². The van der Waals surface area contributed by atoms with Crippen LogP contribution in [0.15, 0.2) is 12.2 Å². The van der Waals surface area contributed by atoms with Gasteiger partial charge in [-0.15, -0.1) is 0 Å². The van der Waals surface area contributed by atoms with Gasteiger partial charge >= 0.3 is 0 Å². The monoisotopic (exact) mass is 214 g/mol. The maximum Gasteiger partial charge on any atom is 0.0589 e. The minimum atomic E-state index is 0.161. The number of rotatable bonds is 7. The van der Waals surface area contributed by atoms with E-state index in [0.717, 1.165) is 26.2 Å². The van der Waals surface area contributed by atoms with E-state index in [-0.39, 0.29) is 5.54 Å². The zero-order valence-electron chi connectivity index (χ0n) is 10.9. The highest BCUT2D eigenvalue weighted by atomic mass is 16.5. The van der Waals surface area contributed by atoms with Crippen molar-refractivity contribution in [1.82, 2.24) is 10.2 Å². The van der Waals surface area contributed by atoms with Crippen LogP contribution < -0.4 is 5.32 Å². The van der Waals surface area contributed by atoms with Crippen LogP contribution in [0.25, 0.3) is 0 Å². The van der Waals surface area contributed by atoms with Crippen molar-refractivity contribution in [2.75, 3.05) is 40.4 Å². The van der Waals surface area contributed by atoms with Crippen LogP contribution in [0.3, 0.4) is 0 Å². The fraction of sp³-hybridized carbons (Fsp3) is 0.833. The summed E-state index contributed by atoms with van der Waals surface area (Å²) in [5.41, 5.74) is 1.37. The number of nitrogens with one attached hydrogen (secondary N) is 1. The molecule has 0 heterocycles. The third-order valence-corrected chi connectivity index (χ3v) is 2.04. The predicted octanol–water partition coefficient (Wildman–Crippen LogP) is 1.51. The van der Waals surface area contributed by atoms with E-state index >= 15 is 0 Å². The van der Waals surface area contributed by atoms with E-state index in [1.54, 1.807) is 7.11 Å². The molecule has 3 nitrogen and oxygen atoms in total. The molecular formula is C12H26N2O. The van der Waals surface area contributed by atoms with Crippen LogP contribution in [0.4, 0.5) is 0 Å². The van der Waals surface area contributed by atoms with Gasteiger partial charge < -0.3 is 15.0 Å². The predicted molar refractivity (Wildman–Crippen MR) is 66.3 cm³/mol. The van der Waals surface area contributed by atoms with Crippen molar-refractivity contribution in [2.45, 2.75) is 26.3 Å². The van der Waals surface area contributed by atoms with Crippen molar-refractivity contribution in [1.29, 1.82) is 0 Å². The number of likely N-dealkylation sites (N-methyl/N-ethyl adjacent to an activating group) is 1. The van der Waals surface area contributed by atoms with Crippen LogP contribution in [-0.4, -0.2) is 50.8 Å². The summed E-state index contributed by atoms with van der Waals surface area (Å²) in [6.45, 7) is 14.1. The summed E-state index contributed by atoms with van der Waals surface area (Å²) in [7, 11) is 3.81. The molecule has 15 heavy (non-hydrogen) atoms. The van der Waals surface area contributed by atoms with Crippen LogP contribution >= 0.6 is 0 Å². The SMILES string of the molecule is C=C(CNC(C)(C)C)CN(C)CCOC. The quantitative estimate of drug-likeness (QED) is 0.650. The lowest BCUT2D eigenvalue weighted by molar-refractivity contribution is 0.165. The number of ether oxygens (including phenoxy) is 1. The zero-order valence-corrected chi connectivity index (χ0v) is 10.9. The van der Waals surface area contributed by atoms with E-state index in [9.17, 15) is 0 Å². The summed E-state index contributed by atoms with van der Waals surface area (Å²) >= 11 is 0. The number of methoxy groups -OCH3 is 1. The van der Waals surface area contributed by atoms with Gasteiger partial charge in [-0.1, -0.05) is 6.58 Å². The molecule has 0 aliphatic heterocycles. The van der Waals surface area contributed by atoms with Crippen molar-refractivity contribution in [3.63, 3.8) is 0 Å². The highest BCUT2D eigenvalue weighted by molar-refractivity contribution is 5.00. The first-order valence-corrected chi connectivity index (χ1v) is 5.44. The van der Waals surface area contributed by atoms with Crippen LogP contribution in [-0.2, 0) is 4.74 Å². The van der Waals surface area contributed by atoms with Gasteiger partial charge in [0.15, 0.2) is 0 Å². The fourth-order valence-electron chi connectivity index (χ4n) is 1.15. The largest absolute Gasteiger partial charge is 0.383 e. The molecule has 0 fully saturated rings. The second-order valence-electron chi connectivity index (χ2n) is 5.08. The second kappa shape index (κ2) is 6.99. The maximum atomic E-state index is 5.02. The molecule has 0 amide bonds. The maximum absolute atomic E-state index is 5.02. The third kappa shape index (κ3) is 9.91. The van der Waals surface area contributed by atoms with Gasteiger partial charge in [-0.25, -0.2) is 0 Å². The molecular weight excluding hydrogens is 188 g/mol. The summed E-state index contributed by atoms with van der Waals surface area (Å²) in [6.07, 6.45) is 0. The number of hydrogen-bond donors (Lipinski definition) is 1. The molecule has 0 radical (unpaired) electrons. The first-order chi connectivity index (χ1) is 6.85. The Labute approximate surface area is 94.5 Å². The molecule has 1 N–H and O–H groups in total. The number of hydrogen-bond acceptors (Lipinski definition) is 3. The van der Waals surface area contributed by atoms with E-state index in [2.05, 4.69) is 44.6 Å². The average molecular weight is 214 g/mol. The summed E-state index contributed by atoms with van der Waals surface area (Å²) in [6, 6.07) is 0. The van der Waals surface area contributed by atoms with Gasteiger partial charge in [0.25, 0.3) is 0 Å².